The maximum Gasteiger partial charge on any atom is 0.221 e. The number of nitrogen functional groups attached to an aromatic ring is 1. The van der Waals surface area contributed by atoms with E-state index in [1.165, 1.54) is 0 Å². The summed E-state index contributed by atoms with van der Waals surface area (Å²) in [5.74, 6) is 0.0280. The SMILES string of the molecule is Cc1c(C#N)cccc1-c1nc(N)nc(-c2cn(Cc3cccc(C(C)(C)O)n3)nn2)c1Cl. The molecule has 10 heteroatoms. The molecule has 3 N–H and O–H groups in total. The fourth-order valence-electron chi connectivity index (χ4n) is 3.38. The van der Waals surface area contributed by atoms with Crippen molar-refractivity contribution in [3.8, 4) is 28.7 Å². The molecule has 9 nitrogen and oxygen atoms in total. The Labute approximate surface area is 195 Å². The lowest BCUT2D eigenvalue weighted by atomic mass is 10.00. The number of pyridine rings is 1. The topological polar surface area (TPSA) is 139 Å². The van der Waals surface area contributed by atoms with Gasteiger partial charge in [-0.25, -0.2) is 14.6 Å². The fraction of sp³-hybridized carbons (Fsp3) is 0.217. The molecule has 0 unspecified atom stereocenters. The molecule has 0 amide bonds. The minimum Gasteiger partial charge on any atom is -0.384 e. The van der Waals surface area contributed by atoms with Crippen molar-refractivity contribution >= 4 is 17.5 Å². The highest BCUT2D eigenvalue weighted by molar-refractivity contribution is 6.35. The van der Waals surface area contributed by atoms with Gasteiger partial charge >= 0.3 is 0 Å². The van der Waals surface area contributed by atoms with Crippen molar-refractivity contribution in [1.82, 2.24) is 29.9 Å². The normalized spacial score (nSPS) is 11.4. The zero-order chi connectivity index (χ0) is 23.8. The molecule has 0 spiro atoms. The van der Waals surface area contributed by atoms with Gasteiger partial charge < -0.3 is 10.8 Å². The number of rotatable bonds is 5. The summed E-state index contributed by atoms with van der Waals surface area (Å²) in [6.07, 6.45) is 1.69. The Bertz CT molecular complexity index is 1380. The van der Waals surface area contributed by atoms with Crippen LogP contribution in [0.4, 0.5) is 5.95 Å². The van der Waals surface area contributed by atoms with E-state index in [4.69, 9.17) is 17.3 Å². The number of aromatic nitrogens is 6. The van der Waals surface area contributed by atoms with Crippen LogP contribution in [0.5, 0.6) is 0 Å². The van der Waals surface area contributed by atoms with Crippen molar-refractivity contribution in [3.63, 3.8) is 0 Å². The van der Waals surface area contributed by atoms with Gasteiger partial charge in [0.05, 0.1) is 46.5 Å². The highest BCUT2D eigenvalue weighted by atomic mass is 35.5. The summed E-state index contributed by atoms with van der Waals surface area (Å²) in [5.41, 5.74) is 9.33. The van der Waals surface area contributed by atoms with E-state index in [-0.39, 0.29) is 11.0 Å². The molecule has 4 rings (SSSR count). The van der Waals surface area contributed by atoms with E-state index in [0.29, 0.717) is 46.1 Å². The van der Waals surface area contributed by atoms with Gasteiger partial charge in [0.15, 0.2) is 0 Å². The summed E-state index contributed by atoms with van der Waals surface area (Å²) < 4.78 is 1.60. The molecule has 0 aliphatic carbocycles. The van der Waals surface area contributed by atoms with Crippen molar-refractivity contribution in [3.05, 3.63) is 70.1 Å². The Hall–Kier alpha value is -3.87. The number of hydrogen-bond acceptors (Lipinski definition) is 8. The maximum atomic E-state index is 10.2. The third-order valence-electron chi connectivity index (χ3n) is 5.12. The number of hydrogen-bond donors (Lipinski definition) is 2. The number of anilines is 1. The monoisotopic (exact) mass is 460 g/mol. The molecule has 1 aromatic carbocycles. The van der Waals surface area contributed by atoms with E-state index in [1.54, 1.807) is 42.9 Å². The second-order valence-electron chi connectivity index (χ2n) is 8.06. The third kappa shape index (κ3) is 4.53. The Balaban J connectivity index is 1.70. The van der Waals surface area contributed by atoms with Crippen molar-refractivity contribution < 1.29 is 5.11 Å². The molecule has 0 saturated heterocycles. The van der Waals surface area contributed by atoms with Gasteiger partial charge in [-0.15, -0.1) is 5.10 Å². The molecule has 0 aliphatic rings. The minimum absolute atomic E-state index is 0.0280. The molecule has 4 aromatic rings. The molecule has 33 heavy (non-hydrogen) atoms. The highest BCUT2D eigenvalue weighted by Crippen LogP contribution is 2.35. The van der Waals surface area contributed by atoms with Gasteiger partial charge in [-0.1, -0.05) is 35.0 Å². The zero-order valence-electron chi connectivity index (χ0n) is 18.3. The zero-order valence-corrected chi connectivity index (χ0v) is 19.0. The molecule has 166 valence electrons. The van der Waals surface area contributed by atoms with Crippen molar-refractivity contribution in [1.29, 1.82) is 5.26 Å². The summed E-state index contributed by atoms with van der Waals surface area (Å²) in [6.45, 7) is 5.53. The number of nitriles is 1. The first-order valence-corrected chi connectivity index (χ1v) is 10.5. The standard InChI is InChI=1S/C23H21ClN8O/c1-13-14(10-25)6-4-8-16(13)20-19(24)21(29-22(26)28-20)17-12-32(31-30-17)11-15-7-5-9-18(27-15)23(2,3)33/h4-9,12,33H,11H2,1-3H3,(H2,26,28,29). The number of nitrogens with two attached hydrogens (primary N) is 1. The van der Waals surface area contributed by atoms with Gasteiger partial charge in [0, 0.05) is 5.56 Å². The second kappa shape index (κ2) is 8.58. The van der Waals surface area contributed by atoms with E-state index in [9.17, 15) is 10.4 Å². The Morgan fingerprint density at radius 3 is 2.58 bits per heavy atom. The molecule has 0 radical (unpaired) electrons. The molecule has 0 saturated carbocycles. The van der Waals surface area contributed by atoms with Crippen LogP contribution < -0.4 is 5.73 Å². The van der Waals surface area contributed by atoms with Crippen LogP contribution in [-0.4, -0.2) is 35.1 Å². The first-order valence-electron chi connectivity index (χ1n) is 10.1. The van der Waals surface area contributed by atoms with E-state index < -0.39 is 5.60 Å². The first-order chi connectivity index (χ1) is 15.7. The van der Waals surface area contributed by atoms with Crippen LogP contribution in [-0.2, 0) is 12.1 Å². The van der Waals surface area contributed by atoms with Crippen LogP contribution in [0.3, 0.4) is 0 Å². The Morgan fingerprint density at radius 2 is 1.85 bits per heavy atom. The molecule has 0 atom stereocenters. The van der Waals surface area contributed by atoms with E-state index in [1.807, 2.05) is 25.1 Å². The lowest BCUT2D eigenvalue weighted by molar-refractivity contribution is 0.0736. The first kappa shape index (κ1) is 22.3. The smallest absolute Gasteiger partial charge is 0.221 e. The van der Waals surface area contributed by atoms with Gasteiger partial charge in [-0.3, -0.25) is 4.98 Å². The predicted octanol–water partition coefficient (Wildman–Crippen LogP) is 3.49. The minimum atomic E-state index is -1.05. The summed E-state index contributed by atoms with van der Waals surface area (Å²) in [5, 5.41) is 28.2. The number of benzene rings is 1. The lowest BCUT2D eigenvalue weighted by Gasteiger charge is -2.17. The maximum absolute atomic E-state index is 10.2. The van der Waals surface area contributed by atoms with Gasteiger partial charge in [0.2, 0.25) is 5.95 Å². The second-order valence-corrected chi connectivity index (χ2v) is 8.44. The lowest BCUT2D eigenvalue weighted by Crippen LogP contribution is -2.18. The van der Waals surface area contributed by atoms with Crippen molar-refractivity contribution in [2.24, 2.45) is 0 Å². The average Bonchev–Trinajstić information content (AvgIpc) is 3.23. The molecule has 0 fully saturated rings. The summed E-state index contributed by atoms with van der Waals surface area (Å²) in [7, 11) is 0. The predicted molar refractivity (Wildman–Crippen MR) is 124 cm³/mol. The van der Waals surface area contributed by atoms with Crippen LogP contribution >= 0.6 is 11.6 Å². The summed E-state index contributed by atoms with van der Waals surface area (Å²) >= 11 is 6.68. The van der Waals surface area contributed by atoms with Crippen molar-refractivity contribution in [2.75, 3.05) is 5.73 Å². The summed E-state index contributed by atoms with van der Waals surface area (Å²) in [6, 6.07) is 12.9. The quantitative estimate of drug-likeness (QED) is 0.461. The Morgan fingerprint density at radius 1 is 1.12 bits per heavy atom. The van der Waals surface area contributed by atoms with Crippen LogP contribution in [0.2, 0.25) is 5.02 Å². The van der Waals surface area contributed by atoms with E-state index in [2.05, 4.69) is 31.3 Å². The molecule has 3 aromatic heterocycles. The number of nitrogens with zero attached hydrogens (tertiary/aromatic N) is 7. The number of aliphatic hydroxyl groups is 1. The molecular formula is C23H21ClN8O. The molecular weight excluding hydrogens is 440 g/mol. The van der Waals surface area contributed by atoms with Crippen LogP contribution in [0, 0.1) is 18.3 Å². The fourth-order valence-corrected chi connectivity index (χ4v) is 3.67. The largest absolute Gasteiger partial charge is 0.384 e. The van der Waals surface area contributed by atoms with Crippen LogP contribution in [0.25, 0.3) is 22.6 Å². The van der Waals surface area contributed by atoms with Crippen LogP contribution in [0.1, 0.15) is 36.4 Å². The van der Waals surface area contributed by atoms with E-state index in [0.717, 1.165) is 5.56 Å². The van der Waals surface area contributed by atoms with Gasteiger partial charge in [-0.2, -0.15) is 5.26 Å². The van der Waals surface area contributed by atoms with Gasteiger partial charge in [0.1, 0.15) is 17.0 Å². The average molecular weight is 461 g/mol. The van der Waals surface area contributed by atoms with Gasteiger partial charge in [-0.05, 0) is 44.5 Å². The van der Waals surface area contributed by atoms with Gasteiger partial charge in [0.25, 0.3) is 0 Å². The number of halogens is 1. The summed E-state index contributed by atoms with van der Waals surface area (Å²) in [4.78, 5) is 13.1. The molecule has 0 bridgehead atoms. The van der Waals surface area contributed by atoms with E-state index >= 15 is 0 Å². The van der Waals surface area contributed by atoms with Crippen molar-refractivity contribution in [2.45, 2.75) is 32.9 Å². The Kier molecular flexibility index (Phi) is 5.80. The highest BCUT2D eigenvalue weighted by Gasteiger charge is 2.20. The van der Waals surface area contributed by atoms with Crippen LogP contribution in [0.15, 0.2) is 42.6 Å². The molecule has 0 aliphatic heterocycles. The molecule has 3 heterocycles. The third-order valence-corrected chi connectivity index (χ3v) is 5.47.